The van der Waals surface area contributed by atoms with Crippen molar-refractivity contribution in [1.82, 2.24) is 14.9 Å². The Bertz CT molecular complexity index is 1060. The van der Waals surface area contributed by atoms with E-state index in [4.69, 9.17) is 11.1 Å². The predicted octanol–water partition coefficient (Wildman–Crippen LogP) is 3.61. The molecule has 1 heterocycles. The number of nitrogens with zero attached hydrogens (tertiary/aromatic N) is 6. The van der Waals surface area contributed by atoms with Crippen molar-refractivity contribution >= 4 is 35.3 Å². The van der Waals surface area contributed by atoms with Gasteiger partial charge in [-0.25, -0.2) is 13.8 Å². The first-order chi connectivity index (χ1) is 16.1. The first kappa shape index (κ1) is 25.1. The number of anilines is 3. The quantitative estimate of drug-likeness (QED) is 0.376. The van der Waals surface area contributed by atoms with Gasteiger partial charge >= 0.3 is 0 Å². The highest BCUT2D eigenvalue weighted by Gasteiger charge is 2.49. The molecule has 1 aliphatic rings. The maximum Gasteiger partial charge on any atom is 0.265 e. The number of amides is 1. The Morgan fingerprint density at radius 3 is 2.82 bits per heavy atom. The van der Waals surface area contributed by atoms with Crippen LogP contribution in [-0.2, 0) is 0 Å². The van der Waals surface area contributed by atoms with Crippen LogP contribution in [-0.4, -0.2) is 72.7 Å². The largest absolute Gasteiger partial charge is 0.365 e. The summed E-state index contributed by atoms with van der Waals surface area (Å²) in [5.41, 5.74) is 6.68. The number of hydrogen-bond acceptors (Lipinski definition) is 9. The minimum Gasteiger partial charge on any atom is -0.365 e. The molecular weight excluding hydrogens is 444 g/mol. The highest BCUT2D eigenvalue weighted by atomic mass is 19.3. The van der Waals surface area contributed by atoms with Gasteiger partial charge in [0, 0.05) is 31.6 Å². The van der Waals surface area contributed by atoms with Crippen LogP contribution in [0.25, 0.3) is 0 Å². The second-order valence-electron chi connectivity index (χ2n) is 8.34. The number of nitrogens with one attached hydrogen (secondary N) is 2. The number of primary amides is 1. The van der Waals surface area contributed by atoms with E-state index < -0.39 is 23.9 Å². The second kappa shape index (κ2) is 10.6. The van der Waals surface area contributed by atoms with Crippen molar-refractivity contribution in [2.24, 2.45) is 16.0 Å². The van der Waals surface area contributed by atoms with E-state index in [0.717, 1.165) is 6.21 Å². The number of halogens is 2. The van der Waals surface area contributed by atoms with Crippen LogP contribution in [0, 0.1) is 5.41 Å². The third-order valence-corrected chi connectivity index (χ3v) is 5.69. The van der Waals surface area contributed by atoms with E-state index >= 15 is 0 Å². The summed E-state index contributed by atoms with van der Waals surface area (Å²) in [5.74, 6) is -3.22. The Hall–Kier alpha value is -3.54. The minimum absolute atomic E-state index is 0.0612. The fourth-order valence-corrected chi connectivity index (χ4v) is 4.17. The Morgan fingerprint density at radius 1 is 1.38 bits per heavy atom. The number of hydrogen-bond donors (Lipinski definition) is 3. The molecule has 0 aliphatic heterocycles. The Balaban J connectivity index is 1.93. The molecule has 2 unspecified atom stereocenters. The summed E-state index contributed by atoms with van der Waals surface area (Å²) in [6.45, 7) is 0.166. The lowest BCUT2D eigenvalue weighted by atomic mass is 9.85. The number of aromatic nitrogens is 2. The van der Waals surface area contributed by atoms with Crippen LogP contribution in [0.2, 0.25) is 0 Å². The summed E-state index contributed by atoms with van der Waals surface area (Å²) in [7, 11) is 4.96. The first-order valence-corrected chi connectivity index (χ1v) is 10.8. The lowest BCUT2D eigenvalue weighted by Gasteiger charge is -2.45. The van der Waals surface area contributed by atoms with Crippen LogP contribution in [0.15, 0.2) is 40.7 Å². The summed E-state index contributed by atoms with van der Waals surface area (Å²) in [6, 6.07) is 5.37. The van der Waals surface area contributed by atoms with E-state index in [1.165, 1.54) is 11.1 Å². The number of rotatable bonds is 9. The third-order valence-electron chi connectivity index (χ3n) is 5.69. The van der Waals surface area contributed by atoms with Crippen LogP contribution >= 0.6 is 0 Å². The molecule has 3 rings (SSSR count). The van der Waals surface area contributed by atoms with Crippen molar-refractivity contribution in [2.75, 3.05) is 37.9 Å². The zero-order chi connectivity index (χ0) is 24.9. The van der Waals surface area contributed by atoms with Gasteiger partial charge in [0.2, 0.25) is 5.95 Å². The minimum atomic E-state index is -2.85. The molecular formula is C22H29F2N9O. The van der Waals surface area contributed by atoms with E-state index in [-0.39, 0.29) is 30.3 Å². The Kier molecular flexibility index (Phi) is 7.82. The molecule has 1 aromatic carbocycles. The van der Waals surface area contributed by atoms with Gasteiger partial charge in [-0.3, -0.25) is 9.69 Å². The number of azo groups is 1. The van der Waals surface area contributed by atoms with Crippen LogP contribution in [0.5, 0.6) is 0 Å². The summed E-state index contributed by atoms with van der Waals surface area (Å²) < 4.78 is 29.4. The second-order valence-corrected chi connectivity index (χ2v) is 8.34. The maximum atomic E-state index is 14.7. The lowest BCUT2D eigenvalue weighted by Crippen LogP contribution is -2.59. The van der Waals surface area contributed by atoms with E-state index in [0.29, 0.717) is 24.2 Å². The average Bonchev–Trinajstić information content (AvgIpc) is 2.77. The van der Waals surface area contributed by atoms with Crippen LogP contribution in [0.4, 0.5) is 31.9 Å². The van der Waals surface area contributed by atoms with Crippen molar-refractivity contribution in [1.29, 1.82) is 5.41 Å². The SMILES string of the molecule is CN(C)C1C(N(C)c2ncc(C(N)=O)c(Nc3cccc(N=NCC=N)c3)n2)CCCC1(F)F. The predicted molar refractivity (Wildman–Crippen MR) is 127 cm³/mol. The lowest BCUT2D eigenvalue weighted by molar-refractivity contribution is -0.102. The molecule has 1 fully saturated rings. The standard InChI is InChI=1S/C22H29F2N9O/c1-32(2)18-17(8-5-9-22(18,23)24)33(3)21-27-13-16(19(26)34)20(30-21)29-14-6-4-7-15(12-14)31-28-11-10-25/h4,6-7,10,12-13,17-18,25H,5,8-9,11H2,1-3H3,(H2,26,34)(H,27,29,30). The van der Waals surface area contributed by atoms with E-state index in [1.807, 2.05) is 0 Å². The van der Waals surface area contributed by atoms with Gasteiger partial charge < -0.3 is 21.4 Å². The Morgan fingerprint density at radius 2 is 2.15 bits per heavy atom. The van der Waals surface area contributed by atoms with E-state index in [2.05, 4.69) is 25.5 Å². The average molecular weight is 474 g/mol. The van der Waals surface area contributed by atoms with Gasteiger partial charge in [0.25, 0.3) is 11.8 Å². The summed E-state index contributed by atoms with van der Waals surface area (Å²) in [6.07, 6.45) is 3.20. The molecule has 1 aromatic heterocycles. The fraction of sp³-hybridized carbons (Fsp3) is 0.455. The van der Waals surface area contributed by atoms with Crippen molar-refractivity contribution in [2.45, 2.75) is 37.3 Å². The van der Waals surface area contributed by atoms with E-state index in [9.17, 15) is 13.6 Å². The van der Waals surface area contributed by atoms with Gasteiger partial charge in [0.05, 0.1) is 24.3 Å². The van der Waals surface area contributed by atoms with Gasteiger partial charge in [-0.15, -0.1) is 0 Å². The number of nitrogens with two attached hydrogens (primary N) is 1. The summed E-state index contributed by atoms with van der Waals surface area (Å²) in [4.78, 5) is 23.9. The Labute approximate surface area is 196 Å². The molecule has 2 aromatic rings. The molecule has 1 amide bonds. The highest BCUT2D eigenvalue weighted by Crippen LogP contribution is 2.38. The number of carbonyl (C=O) groups excluding carboxylic acids is 1. The third kappa shape index (κ3) is 5.68. The van der Waals surface area contributed by atoms with Gasteiger partial charge in [0.1, 0.15) is 11.4 Å². The highest BCUT2D eigenvalue weighted by molar-refractivity contribution is 5.98. The monoisotopic (exact) mass is 473 g/mol. The zero-order valence-corrected chi connectivity index (χ0v) is 19.4. The van der Waals surface area contributed by atoms with Crippen molar-refractivity contribution in [3.8, 4) is 0 Å². The molecule has 0 radical (unpaired) electrons. The molecule has 0 saturated heterocycles. The summed E-state index contributed by atoms with van der Waals surface area (Å²) >= 11 is 0. The molecule has 182 valence electrons. The first-order valence-electron chi connectivity index (χ1n) is 10.8. The number of likely N-dealkylation sites (N-methyl/N-ethyl adjacent to an activating group) is 2. The molecule has 1 aliphatic carbocycles. The van der Waals surface area contributed by atoms with Crippen molar-refractivity contribution in [3.63, 3.8) is 0 Å². The van der Waals surface area contributed by atoms with Crippen LogP contribution < -0.4 is 16.0 Å². The zero-order valence-electron chi connectivity index (χ0n) is 19.4. The molecule has 4 N–H and O–H groups in total. The van der Waals surface area contributed by atoms with Crippen molar-refractivity contribution < 1.29 is 13.6 Å². The molecule has 10 nitrogen and oxygen atoms in total. The number of carbonyl (C=O) groups is 1. The maximum absolute atomic E-state index is 14.7. The van der Waals surface area contributed by atoms with Crippen LogP contribution in [0.3, 0.4) is 0 Å². The van der Waals surface area contributed by atoms with E-state index in [1.54, 1.807) is 50.3 Å². The molecule has 2 atom stereocenters. The molecule has 12 heteroatoms. The summed E-state index contributed by atoms with van der Waals surface area (Å²) in [5, 5.41) is 17.9. The molecule has 1 saturated carbocycles. The van der Waals surface area contributed by atoms with Gasteiger partial charge in [-0.2, -0.15) is 15.2 Å². The van der Waals surface area contributed by atoms with Crippen molar-refractivity contribution in [3.05, 3.63) is 36.0 Å². The van der Waals surface area contributed by atoms with Gasteiger partial charge in [0.15, 0.2) is 0 Å². The molecule has 0 bridgehead atoms. The fourth-order valence-electron chi connectivity index (χ4n) is 4.17. The van der Waals surface area contributed by atoms with Gasteiger partial charge in [-0.1, -0.05) is 6.07 Å². The smallest absolute Gasteiger partial charge is 0.265 e. The van der Waals surface area contributed by atoms with Crippen LogP contribution in [0.1, 0.15) is 29.6 Å². The number of benzene rings is 1. The normalized spacial score (nSPS) is 19.8. The molecule has 34 heavy (non-hydrogen) atoms. The van der Waals surface area contributed by atoms with Gasteiger partial charge in [-0.05, 0) is 45.1 Å². The number of alkyl halides is 2. The molecule has 0 spiro atoms. The topological polar surface area (TPSA) is 136 Å².